The van der Waals surface area contributed by atoms with Crippen LogP contribution < -0.4 is 9.46 Å². The van der Waals surface area contributed by atoms with E-state index in [4.69, 9.17) is 9.15 Å². The Kier molecular flexibility index (Phi) is 5.39. The number of furan rings is 1. The third kappa shape index (κ3) is 4.12. The molecular formula is C19H20N2O4S. The van der Waals surface area contributed by atoms with Crippen molar-refractivity contribution in [3.63, 3.8) is 0 Å². The minimum atomic E-state index is -3.62. The highest BCUT2D eigenvalue weighted by molar-refractivity contribution is 7.89. The van der Waals surface area contributed by atoms with E-state index >= 15 is 0 Å². The number of nitrogens with zero attached hydrogens (tertiary/aromatic N) is 1. The third-order valence-electron chi connectivity index (χ3n) is 3.82. The lowest BCUT2D eigenvalue weighted by atomic mass is 10.2. The first-order chi connectivity index (χ1) is 12.5. The van der Waals surface area contributed by atoms with Crippen LogP contribution in [0.4, 0.5) is 0 Å². The average Bonchev–Trinajstić information content (AvgIpc) is 3.17. The molecule has 0 radical (unpaired) electrons. The first-order valence-corrected chi connectivity index (χ1v) is 9.70. The van der Waals surface area contributed by atoms with Crippen LogP contribution in [-0.4, -0.2) is 20.0 Å². The van der Waals surface area contributed by atoms with Gasteiger partial charge in [0, 0.05) is 12.7 Å². The molecule has 26 heavy (non-hydrogen) atoms. The topological polar surface area (TPSA) is 81.4 Å². The van der Waals surface area contributed by atoms with Crippen LogP contribution in [0, 0.1) is 6.92 Å². The molecule has 0 fully saturated rings. The summed E-state index contributed by atoms with van der Waals surface area (Å²) in [6.45, 7) is 4.39. The highest BCUT2D eigenvalue weighted by atomic mass is 32.2. The van der Waals surface area contributed by atoms with Gasteiger partial charge in [0.15, 0.2) is 5.76 Å². The van der Waals surface area contributed by atoms with E-state index in [1.165, 1.54) is 0 Å². The smallest absolute Gasteiger partial charge is 0.240 e. The van der Waals surface area contributed by atoms with Gasteiger partial charge in [-0.05, 0) is 61.4 Å². The van der Waals surface area contributed by atoms with Crippen LogP contribution in [0.1, 0.15) is 18.1 Å². The van der Waals surface area contributed by atoms with E-state index in [0.717, 1.165) is 11.1 Å². The summed E-state index contributed by atoms with van der Waals surface area (Å²) in [5, 5.41) is 0. The molecule has 136 valence electrons. The number of hydrogen-bond acceptors (Lipinski definition) is 5. The highest BCUT2D eigenvalue weighted by Gasteiger charge is 2.15. The average molecular weight is 372 g/mol. The van der Waals surface area contributed by atoms with Crippen LogP contribution in [0.3, 0.4) is 0 Å². The number of hydrogen-bond donors (Lipinski definition) is 1. The van der Waals surface area contributed by atoms with Crippen molar-refractivity contribution in [1.29, 1.82) is 0 Å². The molecular weight excluding hydrogens is 352 g/mol. The normalized spacial score (nSPS) is 11.5. The van der Waals surface area contributed by atoms with E-state index in [1.54, 1.807) is 42.8 Å². The first kappa shape index (κ1) is 18.2. The predicted molar refractivity (Wildman–Crippen MR) is 98.3 cm³/mol. The number of benzene rings is 1. The minimum absolute atomic E-state index is 0.153. The van der Waals surface area contributed by atoms with Crippen molar-refractivity contribution in [3.8, 4) is 17.2 Å². The van der Waals surface area contributed by atoms with Crippen molar-refractivity contribution >= 4 is 10.0 Å². The quantitative estimate of drug-likeness (QED) is 0.686. The summed E-state index contributed by atoms with van der Waals surface area (Å²) >= 11 is 0. The molecule has 6 nitrogen and oxygen atoms in total. The molecule has 7 heteroatoms. The van der Waals surface area contributed by atoms with Crippen LogP contribution in [-0.2, 0) is 16.6 Å². The molecule has 3 rings (SSSR count). The fourth-order valence-electron chi connectivity index (χ4n) is 2.47. The Hall–Kier alpha value is -2.64. The van der Waals surface area contributed by atoms with Crippen molar-refractivity contribution in [2.75, 3.05) is 6.61 Å². The van der Waals surface area contributed by atoms with E-state index in [0.29, 0.717) is 23.8 Å². The second kappa shape index (κ2) is 7.72. The fraction of sp³-hybridized carbons (Fsp3) is 0.211. The van der Waals surface area contributed by atoms with E-state index in [2.05, 4.69) is 9.71 Å². The summed E-state index contributed by atoms with van der Waals surface area (Å²) in [4.78, 5) is 4.50. The molecule has 0 aliphatic heterocycles. The Balaban J connectivity index is 1.69. The van der Waals surface area contributed by atoms with Crippen molar-refractivity contribution in [2.45, 2.75) is 25.3 Å². The molecule has 2 heterocycles. The monoisotopic (exact) mass is 372 g/mol. The van der Waals surface area contributed by atoms with Gasteiger partial charge in [0.25, 0.3) is 0 Å². The first-order valence-electron chi connectivity index (χ1n) is 8.21. The highest BCUT2D eigenvalue weighted by Crippen LogP contribution is 2.22. The van der Waals surface area contributed by atoms with Crippen molar-refractivity contribution < 1.29 is 17.6 Å². The molecule has 3 aromatic rings. The molecule has 0 aliphatic carbocycles. The maximum absolute atomic E-state index is 12.5. The number of sulfonamides is 1. The number of rotatable bonds is 7. The van der Waals surface area contributed by atoms with Crippen LogP contribution >= 0.6 is 0 Å². The molecule has 0 atom stereocenters. The van der Waals surface area contributed by atoms with E-state index < -0.39 is 10.0 Å². The van der Waals surface area contributed by atoms with Gasteiger partial charge in [-0.15, -0.1) is 0 Å². The number of aryl methyl sites for hydroxylation is 1. The van der Waals surface area contributed by atoms with Crippen LogP contribution in [0.2, 0.25) is 0 Å². The SMILES string of the molecule is CCOc1ccc(S(=O)(=O)NCc2ccc(-c3ccco3)nc2)cc1C. The standard InChI is InChI=1S/C19H20N2O4S/c1-3-24-18-9-7-16(11-14(18)2)26(22,23)21-13-15-6-8-17(20-12-15)19-5-4-10-25-19/h4-12,21H,3,13H2,1-2H3. The van der Waals surface area contributed by atoms with Crippen LogP contribution in [0.15, 0.2) is 64.2 Å². The van der Waals surface area contributed by atoms with E-state index in [-0.39, 0.29) is 11.4 Å². The Labute approximate surface area is 152 Å². The predicted octanol–water partition coefficient (Wildman–Crippen LogP) is 3.53. The van der Waals surface area contributed by atoms with Gasteiger partial charge in [-0.25, -0.2) is 13.1 Å². The van der Waals surface area contributed by atoms with Gasteiger partial charge in [-0.3, -0.25) is 4.98 Å². The molecule has 0 unspecified atom stereocenters. The summed E-state index contributed by atoms with van der Waals surface area (Å²) in [6, 6.07) is 12.0. The third-order valence-corrected chi connectivity index (χ3v) is 5.22. The lowest BCUT2D eigenvalue weighted by molar-refractivity contribution is 0.337. The number of aromatic nitrogens is 1. The Bertz CT molecular complexity index is 965. The Morgan fingerprint density at radius 1 is 1.19 bits per heavy atom. The lowest BCUT2D eigenvalue weighted by Gasteiger charge is -2.11. The van der Waals surface area contributed by atoms with Gasteiger partial charge in [-0.2, -0.15) is 0 Å². The molecule has 0 bridgehead atoms. The molecule has 2 aromatic heterocycles. The lowest BCUT2D eigenvalue weighted by Crippen LogP contribution is -2.23. The Morgan fingerprint density at radius 2 is 2.04 bits per heavy atom. The number of pyridine rings is 1. The molecule has 0 saturated heterocycles. The molecule has 0 amide bonds. The van der Waals surface area contributed by atoms with Crippen LogP contribution in [0.25, 0.3) is 11.5 Å². The van der Waals surface area contributed by atoms with Gasteiger partial charge in [-0.1, -0.05) is 6.07 Å². The zero-order valence-electron chi connectivity index (χ0n) is 14.6. The summed E-state index contributed by atoms with van der Waals surface area (Å²) < 4.78 is 38.3. The zero-order valence-corrected chi connectivity index (χ0v) is 15.4. The fourth-order valence-corrected chi connectivity index (χ4v) is 3.57. The van der Waals surface area contributed by atoms with Gasteiger partial charge < -0.3 is 9.15 Å². The van der Waals surface area contributed by atoms with Crippen molar-refractivity contribution in [1.82, 2.24) is 9.71 Å². The largest absolute Gasteiger partial charge is 0.494 e. The van der Waals surface area contributed by atoms with Gasteiger partial charge in [0.05, 0.1) is 17.8 Å². The summed E-state index contributed by atoms with van der Waals surface area (Å²) in [5.41, 5.74) is 2.23. The summed E-state index contributed by atoms with van der Waals surface area (Å²) in [5.74, 6) is 1.35. The van der Waals surface area contributed by atoms with E-state index in [9.17, 15) is 8.42 Å². The van der Waals surface area contributed by atoms with Gasteiger partial charge in [0.1, 0.15) is 11.4 Å². The van der Waals surface area contributed by atoms with Crippen LogP contribution in [0.5, 0.6) is 5.75 Å². The second-order valence-electron chi connectivity index (χ2n) is 5.71. The number of nitrogens with one attached hydrogen (secondary N) is 1. The van der Waals surface area contributed by atoms with Gasteiger partial charge >= 0.3 is 0 Å². The summed E-state index contributed by atoms with van der Waals surface area (Å²) in [7, 11) is -3.62. The minimum Gasteiger partial charge on any atom is -0.494 e. The second-order valence-corrected chi connectivity index (χ2v) is 7.48. The maximum atomic E-state index is 12.5. The summed E-state index contributed by atoms with van der Waals surface area (Å²) in [6.07, 6.45) is 3.21. The molecule has 1 aromatic carbocycles. The maximum Gasteiger partial charge on any atom is 0.240 e. The molecule has 0 saturated carbocycles. The van der Waals surface area contributed by atoms with Gasteiger partial charge in [0.2, 0.25) is 10.0 Å². The van der Waals surface area contributed by atoms with E-state index in [1.807, 2.05) is 26.0 Å². The van der Waals surface area contributed by atoms with Crippen molar-refractivity contribution in [2.24, 2.45) is 0 Å². The zero-order chi connectivity index (χ0) is 18.6. The Morgan fingerprint density at radius 3 is 2.65 bits per heavy atom. The van der Waals surface area contributed by atoms with Crippen molar-refractivity contribution in [3.05, 3.63) is 66.1 Å². The molecule has 1 N–H and O–H groups in total. The molecule has 0 spiro atoms. The molecule has 0 aliphatic rings. The number of ether oxygens (including phenoxy) is 1.